The zero-order valence-electron chi connectivity index (χ0n) is 8.07. The Labute approximate surface area is 79.7 Å². The Kier molecular flexibility index (Phi) is 4.50. The second-order valence-electron chi connectivity index (χ2n) is 3.34. The van der Waals surface area contributed by atoms with E-state index in [1.165, 1.54) is 5.56 Å². The number of rotatable bonds is 5. The van der Waals surface area contributed by atoms with E-state index in [1.807, 2.05) is 18.2 Å². The van der Waals surface area contributed by atoms with Crippen LogP contribution in [0.5, 0.6) is 0 Å². The van der Waals surface area contributed by atoms with Crippen LogP contribution in [0, 0.1) is 5.92 Å². The fraction of sp³-hybridized carbons (Fsp3) is 0.455. The van der Waals surface area contributed by atoms with Crippen molar-refractivity contribution < 1.29 is 4.74 Å². The monoisotopic (exact) mass is 179 g/mol. The molecule has 0 fully saturated rings. The van der Waals surface area contributed by atoms with E-state index in [0.29, 0.717) is 19.1 Å². The van der Waals surface area contributed by atoms with Gasteiger partial charge in [-0.3, -0.25) is 0 Å². The van der Waals surface area contributed by atoms with Gasteiger partial charge in [-0.1, -0.05) is 37.3 Å². The van der Waals surface area contributed by atoms with E-state index >= 15 is 0 Å². The van der Waals surface area contributed by atoms with Crippen molar-refractivity contribution in [3.05, 3.63) is 35.9 Å². The third kappa shape index (κ3) is 4.06. The van der Waals surface area contributed by atoms with Gasteiger partial charge in [0, 0.05) is 0 Å². The second-order valence-corrected chi connectivity index (χ2v) is 3.34. The standard InChI is InChI=1S/C11H17NO/c1-10(7-12)8-13-9-11-5-3-2-4-6-11/h2-6,10H,7-9,12H2,1H3/t10-/m1/s1. The molecule has 1 aromatic rings. The first-order valence-corrected chi connectivity index (χ1v) is 4.64. The summed E-state index contributed by atoms with van der Waals surface area (Å²) in [7, 11) is 0. The lowest BCUT2D eigenvalue weighted by atomic mass is 10.2. The van der Waals surface area contributed by atoms with Crippen LogP contribution in [-0.4, -0.2) is 13.2 Å². The molecule has 1 aromatic carbocycles. The zero-order valence-corrected chi connectivity index (χ0v) is 8.07. The fourth-order valence-corrected chi connectivity index (χ4v) is 1.02. The lowest BCUT2D eigenvalue weighted by molar-refractivity contribution is 0.0944. The second kappa shape index (κ2) is 5.73. The highest BCUT2D eigenvalue weighted by molar-refractivity contribution is 5.13. The van der Waals surface area contributed by atoms with Crippen molar-refractivity contribution >= 4 is 0 Å². The van der Waals surface area contributed by atoms with Gasteiger partial charge in [0.2, 0.25) is 0 Å². The molecular formula is C11H17NO. The van der Waals surface area contributed by atoms with Crippen LogP contribution in [0.4, 0.5) is 0 Å². The maximum absolute atomic E-state index is 5.49. The summed E-state index contributed by atoms with van der Waals surface area (Å²) in [6.07, 6.45) is 0. The van der Waals surface area contributed by atoms with E-state index in [9.17, 15) is 0 Å². The van der Waals surface area contributed by atoms with Crippen molar-refractivity contribution in [3.8, 4) is 0 Å². The summed E-state index contributed by atoms with van der Waals surface area (Å²) < 4.78 is 5.49. The molecule has 0 aromatic heterocycles. The summed E-state index contributed by atoms with van der Waals surface area (Å²) in [5, 5.41) is 0. The maximum Gasteiger partial charge on any atom is 0.0717 e. The Morgan fingerprint density at radius 1 is 1.31 bits per heavy atom. The van der Waals surface area contributed by atoms with Crippen LogP contribution in [0.2, 0.25) is 0 Å². The highest BCUT2D eigenvalue weighted by Crippen LogP contribution is 2.02. The minimum atomic E-state index is 0.448. The molecule has 72 valence electrons. The van der Waals surface area contributed by atoms with E-state index in [2.05, 4.69) is 19.1 Å². The Morgan fingerprint density at radius 3 is 2.62 bits per heavy atom. The first kappa shape index (κ1) is 10.2. The first-order chi connectivity index (χ1) is 6.33. The Bertz CT molecular complexity index is 223. The summed E-state index contributed by atoms with van der Waals surface area (Å²) >= 11 is 0. The van der Waals surface area contributed by atoms with Gasteiger partial charge in [0.05, 0.1) is 13.2 Å². The van der Waals surface area contributed by atoms with Gasteiger partial charge in [-0.15, -0.1) is 0 Å². The third-order valence-electron chi connectivity index (χ3n) is 1.92. The van der Waals surface area contributed by atoms with Crippen LogP contribution in [0.3, 0.4) is 0 Å². The quantitative estimate of drug-likeness (QED) is 0.748. The summed E-state index contributed by atoms with van der Waals surface area (Å²) in [5.74, 6) is 0.448. The van der Waals surface area contributed by atoms with E-state index in [-0.39, 0.29) is 0 Å². The number of hydrogen-bond acceptors (Lipinski definition) is 2. The number of nitrogens with two attached hydrogens (primary N) is 1. The molecule has 2 N–H and O–H groups in total. The van der Waals surface area contributed by atoms with Crippen LogP contribution in [0.15, 0.2) is 30.3 Å². The number of benzene rings is 1. The molecule has 2 nitrogen and oxygen atoms in total. The van der Waals surface area contributed by atoms with Gasteiger partial charge < -0.3 is 10.5 Å². The maximum atomic E-state index is 5.49. The van der Waals surface area contributed by atoms with Crippen molar-refractivity contribution in [2.75, 3.05) is 13.2 Å². The Balaban J connectivity index is 2.20. The summed E-state index contributed by atoms with van der Waals surface area (Å²) in [4.78, 5) is 0. The summed E-state index contributed by atoms with van der Waals surface area (Å²) in [5.41, 5.74) is 6.69. The average Bonchev–Trinajstić information content (AvgIpc) is 2.19. The predicted molar refractivity (Wildman–Crippen MR) is 54.3 cm³/mol. The normalized spacial score (nSPS) is 12.8. The molecule has 1 rings (SSSR count). The summed E-state index contributed by atoms with van der Waals surface area (Å²) in [6.45, 7) is 4.20. The van der Waals surface area contributed by atoms with Gasteiger partial charge in [-0.05, 0) is 18.0 Å². The average molecular weight is 179 g/mol. The van der Waals surface area contributed by atoms with Crippen molar-refractivity contribution in [2.45, 2.75) is 13.5 Å². The van der Waals surface area contributed by atoms with Crippen molar-refractivity contribution in [1.82, 2.24) is 0 Å². The van der Waals surface area contributed by atoms with Crippen LogP contribution in [0.1, 0.15) is 12.5 Å². The van der Waals surface area contributed by atoms with E-state index in [0.717, 1.165) is 6.61 Å². The Hall–Kier alpha value is -0.860. The number of hydrogen-bond donors (Lipinski definition) is 1. The SMILES string of the molecule is C[C@H](CN)COCc1ccccc1. The molecule has 0 aliphatic heterocycles. The van der Waals surface area contributed by atoms with Crippen LogP contribution in [0.25, 0.3) is 0 Å². The largest absolute Gasteiger partial charge is 0.376 e. The van der Waals surface area contributed by atoms with Gasteiger partial charge >= 0.3 is 0 Å². The van der Waals surface area contributed by atoms with Crippen molar-refractivity contribution in [3.63, 3.8) is 0 Å². The van der Waals surface area contributed by atoms with E-state index in [4.69, 9.17) is 10.5 Å². The van der Waals surface area contributed by atoms with Crippen LogP contribution >= 0.6 is 0 Å². The molecule has 0 heterocycles. The lowest BCUT2D eigenvalue weighted by Gasteiger charge is -2.08. The molecule has 0 spiro atoms. The molecule has 0 saturated heterocycles. The molecule has 0 aliphatic carbocycles. The van der Waals surface area contributed by atoms with E-state index in [1.54, 1.807) is 0 Å². The molecule has 13 heavy (non-hydrogen) atoms. The van der Waals surface area contributed by atoms with Crippen molar-refractivity contribution in [1.29, 1.82) is 0 Å². The molecule has 0 amide bonds. The highest BCUT2D eigenvalue weighted by atomic mass is 16.5. The molecule has 0 bridgehead atoms. The molecule has 1 atom stereocenters. The fourth-order valence-electron chi connectivity index (χ4n) is 1.02. The Morgan fingerprint density at radius 2 is 2.00 bits per heavy atom. The van der Waals surface area contributed by atoms with Crippen LogP contribution in [-0.2, 0) is 11.3 Å². The lowest BCUT2D eigenvalue weighted by Crippen LogP contribution is -2.16. The molecular weight excluding hydrogens is 162 g/mol. The van der Waals surface area contributed by atoms with Gasteiger partial charge in [0.1, 0.15) is 0 Å². The van der Waals surface area contributed by atoms with Crippen molar-refractivity contribution in [2.24, 2.45) is 11.7 Å². The molecule has 0 aliphatic rings. The van der Waals surface area contributed by atoms with Gasteiger partial charge in [-0.25, -0.2) is 0 Å². The predicted octanol–water partition coefficient (Wildman–Crippen LogP) is 1.80. The molecule has 0 radical (unpaired) electrons. The van der Waals surface area contributed by atoms with Gasteiger partial charge in [0.25, 0.3) is 0 Å². The molecule has 0 unspecified atom stereocenters. The first-order valence-electron chi connectivity index (χ1n) is 4.64. The molecule has 0 saturated carbocycles. The highest BCUT2D eigenvalue weighted by Gasteiger charge is 1.98. The third-order valence-corrected chi connectivity index (χ3v) is 1.92. The topological polar surface area (TPSA) is 35.2 Å². The number of ether oxygens (including phenoxy) is 1. The summed E-state index contributed by atoms with van der Waals surface area (Å²) in [6, 6.07) is 10.2. The van der Waals surface area contributed by atoms with Crippen LogP contribution < -0.4 is 5.73 Å². The molecule has 2 heteroatoms. The van der Waals surface area contributed by atoms with Gasteiger partial charge in [0.15, 0.2) is 0 Å². The minimum absolute atomic E-state index is 0.448. The zero-order chi connectivity index (χ0) is 9.52. The smallest absolute Gasteiger partial charge is 0.0717 e. The minimum Gasteiger partial charge on any atom is -0.376 e. The van der Waals surface area contributed by atoms with Gasteiger partial charge in [-0.2, -0.15) is 0 Å². The van der Waals surface area contributed by atoms with E-state index < -0.39 is 0 Å².